The number of fused-ring (bicyclic) bond motifs is 1. The summed E-state index contributed by atoms with van der Waals surface area (Å²) in [5.41, 5.74) is 2.42. The summed E-state index contributed by atoms with van der Waals surface area (Å²) < 4.78 is 19.0. The molecular weight excluding hydrogens is 357 g/mol. The second kappa shape index (κ2) is 6.57. The van der Waals surface area contributed by atoms with Gasteiger partial charge in [0.1, 0.15) is 11.3 Å². The normalized spacial score (nSPS) is 10.8. The minimum atomic E-state index is -0.477. The van der Waals surface area contributed by atoms with Crippen LogP contribution in [0.2, 0.25) is 5.02 Å². The van der Waals surface area contributed by atoms with Crippen LogP contribution in [0.25, 0.3) is 22.6 Å². The lowest BCUT2D eigenvalue weighted by Crippen LogP contribution is -2.12. The summed E-state index contributed by atoms with van der Waals surface area (Å²) in [5.74, 6) is -0.589. The molecule has 4 aromatic rings. The quantitative estimate of drug-likeness (QED) is 0.557. The maximum Gasteiger partial charge on any atom is 0.255 e. The number of oxazole rings is 1. The topological polar surface area (TPSA) is 68.0 Å². The van der Waals surface area contributed by atoms with Crippen molar-refractivity contribution < 1.29 is 13.6 Å². The number of nitrogens with one attached hydrogen (secondary N) is 1. The fraction of sp³-hybridized carbons (Fsp3) is 0. The number of hydrogen-bond donors (Lipinski definition) is 1. The molecule has 26 heavy (non-hydrogen) atoms. The van der Waals surface area contributed by atoms with Crippen LogP contribution in [0.3, 0.4) is 0 Å². The Labute approximate surface area is 152 Å². The van der Waals surface area contributed by atoms with Crippen LogP contribution in [-0.2, 0) is 0 Å². The lowest BCUT2D eigenvalue weighted by atomic mass is 10.1. The first-order valence-corrected chi connectivity index (χ1v) is 8.05. The summed E-state index contributed by atoms with van der Waals surface area (Å²) in [4.78, 5) is 20.6. The molecule has 7 heteroatoms. The highest BCUT2D eigenvalue weighted by atomic mass is 35.5. The van der Waals surface area contributed by atoms with E-state index in [0.717, 1.165) is 0 Å². The van der Waals surface area contributed by atoms with Crippen molar-refractivity contribution in [2.24, 2.45) is 0 Å². The van der Waals surface area contributed by atoms with Gasteiger partial charge in [-0.3, -0.25) is 9.78 Å². The summed E-state index contributed by atoms with van der Waals surface area (Å²) in [7, 11) is 0. The van der Waals surface area contributed by atoms with Crippen LogP contribution in [0.4, 0.5) is 10.1 Å². The standard InChI is InChI=1S/C19H11ClFN3O2/c20-15-5-4-13(23-18(25)11-2-1-3-12(21)8-11)9-14(15)19-24-16-10-22-7-6-17(16)26-19/h1-10H,(H,23,25). The molecule has 2 aromatic carbocycles. The fourth-order valence-corrected chi connectivity index (χ4v) is 2.69. The Kier molecular flexibility index (Phi) is 4.10. The van der Waals surface area contributed by atoms with Crippen molar-refractivity contribution in [1.82, 2.24) is 9.97 Å². The number of carbonyl (C=O) groups is 1. The molecule has 0 unspecified atom stereocenters. The molecule has 0 radical (unpaired) electrons. The van der Waals surface area contributed by atoms with Crippen LogP contribution >= 0.6 is 11.6 Å². The van der Waals surface area contributed by atoms with Crippen molar-refractivity contribution in [2.45, 2.75) is 0 Å². The molecule has 5 nitrogen and oxygen atoms in total. The molecule has 128 valence electrons. The maximum absolute atomic E-state index is 13.3. The summed E-state index contributed by atoms with van der Waals surface area (Å²) in [6.45, 7) is 0. The number of anilines is 1. The molecule has 2 heterocycles. The third kappa shape index (κ3) is 3.14. The molecule has 1 N–H and O–H groups in total. The van der Waals surface area contributed by atoms with E-state index in [1.807, 2.05) is 0 Å². The van der Waals surface area contributed by atoms with Gasteiger partial charge in [-0.25, -0.2) is 9.37 Å². The third-order valence-electron chi connectivity index (χ3n) is 3.73. The van der Waals surface area contributed by atoms with E-state index in [-0.39, 0.29) is 5.56 Å². The molecular formula is C19H11ClFN3O2. The molecule has 0 fully saturated rings. The predicted octanol–water partition coefficient (Wildman–Crippen LogP) is 4.93. The smallest absolute Gasteiger partial charge is 0.255 e. The zero-order valence-electron chi connectivity index (χ0n) is 13.2. The van der Waals surface area contributed by atoms with Gasteiger partial charge in [0.25, 0.3) is 5.91 Å². The van der Waals surface area contributed by atoms with E-state index in [4.69, 9.17) is 16.0 Å². The molecule has 0 spiro atoms. The van der Waals surface area contributed by atoms with Crippen LogP contribution in [0.15, 0.2) is 65.3 Å². The zero-order chi connectivity index (χ0) is 18.1. The first-order chi connectivity index (χ1) is 12.6. The number of carbonyl (C=O) groups excluding carboxylic acids is 1. The highest BCUT2D eigenvalue weighted by Gasteiger charge is 2.14. The molecule has 0 saturated heterocycles. The zero-order valence-corrected chi connectivity index (χ0v) is 14.0. The van der Waals surface area contributed by atoms with Crippen LogP contribution in [-0.4, -0.2) is 15.9 Å². The van der Waals surface area contributed by atoms with Crippen molar-refractivity contribution >= 4 is 34.3 Å². The lowest BCUT2D eigenvalue weighted by Gasteiger charge is -2.08. The van der Waals surface area contributed by atoms with E-state index >= 15 is 0 Å². The summed E-state index contributed by atoms with van der Waals surface area (Å²) in [6, 6.07) is 12.1. The van der Waals surface area contributed by atoms with Gasteiger partial charge in [-0.2, -0.15) is 0 Å². The van der Waals surface area contributed by atoms with Crippen LogP contribution in [0.1, 0.15) is 10.4 Å². The second-order valence-electron chi connectivity index (χ2n) is 5.52. The SMILES string of the molecule is O=C(Nc1ccc(Cl)c(-c2nc3cnccc3o2)c1)c1cccc(F)c1. The van der Waals surface area contributed by atoms with Gasteiger partial charge in [0.2, 0.25) is 5.89 Å². The van der Waals surface area contributed by atoms with Crippen molar-refractivity contribution in [2.75, 3.05) is 5.32 Å². The van der Waals surface area contributed by atoms with Crippen molar-refractivity contribution in [1.29, 1.82) is 0 Å². The Morgan fingerprint density at radius 3 is 2.85 bits per heavy atom. The number of amides is 1. The third-order valence-corrected chi connectivity index (χ3v) is 4.06. The van der Waals surface area contributed by atoms with Gasteiger partial charge >= 0.3 is 0 Å². The van der Waals surface area contributed by atoms with Crippen LogP contribution < -0.4 is 5.32 Å². The monoisotopic (exact) mass is 367 g/mol. The van der Waals surface area contributed by atoms with E-state index in [1.165, 1.54) is 24.3 Å². The number of rotatable bonds is 3. The van der Waals surface area contributed by atoms with Crippen molar-refractivity contribution in [3.63, 3.8) is 0 Å². The number of benzene rings is 2. The van der Waals surface area contributed by atoms with Gasteiger partial charge < -0.3 is 9.73 Å². The Balaban J connectivity index is 1.67. The van der Waals surface area contributed by atoms with Gasteiger partial charge in [-0.1, -0.05) is 17.7 Å². The van der Waals surface area contributed by atoms with Gasteiger partial charge in [0, 0.05) is 23.5 Å². The van der Waals surface area contributed by atoms with E-state index in [1.54, 1.807) is 36.7 Å². The van der Waals surface area contributed by atoms with Gasteiger partial charge in [0.05, 0.1) is 16.8 Å². The average Bonchev–Trinajstić information content (AvgIpc) is 3.07. The number of aromatic nitrogens is 2. The molecule has 2 aromatic heterocycles. The minimum absolute atomic E-state index is 0.217. The Bertz CT molecular complexity index is 1090. The summed E-state index contributed by atoms with van der Waals surface area (Å²) in [6.07, 6.45) is 3.19. The number of nitrogens with zero attached hydrogens (tertiary/aromatic N) is 2. The van der Waals surface area contributed by atoms with Crippen LogP contribution in [0, 0.1) is 5.82 Å². The molecule has 4 rings (SSSR count). The number of hydrogen-bond acceptors (Lipinski definition) is 4. The van der Waals surface area contributed by atoms with Crippen molar-refractivity contribution in [3.8, 4) is 11.5 Å². The molecule has 0 bridgehead atoms. The van der Waals surface area contributed by atoms with Gasteiger partial charge in [0.15, 0.2) is 5.58 Å². The maximum atomic E-state index is 13.3. The molecule has 0 aliphatic carbocycles. The molecule has 0 saturated carbocycles. The highest BCUT2D eigenvalue weighted by molar-refractivity contribution is 6.33. The first-order valence-electron chi connectivity index (χ1n) is 7.67. The Morgan fingerprint density at radius 1 is 1.15 bits per heavy atom. The van der Waals surface area contributed by atoms with Gasteiger partial charge in [-0.15, -0.1) is 0 Å². The molecule has 0 aliphatic heterocycles. The summed E-state index contributed by atoms with van der Waals surface area (Å²) in [5, 5.41) is 3.13. The highest BCUT2D eigenvalue weighted by Crippen LogP contribution is 2.32. The van der Waals surface area contributed by atoms with Gasteiger partial charge in [-0.05, 0) is 36.4 Å². The molecule has 0 atom stereocenters. The largest absolute Gasteiger partial charge is 0.436 e. The Morgan fingerprint density at radius 2 is 2.04 bits per heavy atom. The molecule has 1 amide bonds. The van der Waals surface area contributed by atoms with E-state index in [9.17, 15) is 9.18 Å². The minimum Gasteiger partial charge on any atom is -0.436 e. The lowest BCUT2D eigenvalue weighted by molar-refractivity contribution is 0.102. The van der Waals surface area contributed by atoms with E-state index < -0.39 is 11.7 Å². The fourth-order valence-electron chi connectivity index (χ4n) is 2.50. The average molecular weight is 368 g/mol. The number of halogens is 2. The summed E-state index contributed by atoms with van der Waals surface area (Å²) >= 11 is 6.25. The van der Waals surface area contributed by atoms with E-state index in [2.05, 4.69) is 15.3 Å². The Hall–Kier alpha value is -3.25. The predicted molar refractivity (Wildman–Crippen MR) is 96.6 cm³/mol. The second-order valence-corrected chi connectivity index (χ2v) is 5.93. The van der Waals surface area contributed by atoms with Crippen LogP contribution in [0.5, 0.6) is 0 Å². The van der Waals surface area contributed by atoms with E-state index in [0.29, 0.717) is 33.3 Å². The number of pyridine rings is 1. The van der Waals surface area contributed by atoms with Crippen molar-refractivity contribution in [3.05, 3.63) is 77.3 Å². The first kappa shape index (κ1) is 16.2. The molecule has 0 aliphatic rings.